The molecule has 86 valence electrons. The van der Waals surface area contributed by atoms with Crippen LogP contribution in [0, 0.1) is 0 Å². The number of thioether (sulfide) groups is 1. The van der Waals surface area contributed by atoms with E-state index in [1.54, 1.807) is 18.8 Å². The van der Waals surface area contributed by atoms with E-state index in [-0.39, 0.29) is 0 Å². The van der Waals surface area contributed by atoms with Crippen molar-refractivity contribution in [1.29, 1.82) is 0 Å². The zero-order valence-electron chi connectivity index (χ0n) is 9.68. The van der Waals surface area contributed by atoms with Crippen LogP contribution in [0.4, 0.5) is 0 Å². The molecule has 0 aliphatic heterocycles. The van der Waals surface area contributed by atoms with E-state index in [0.717, 1.165) is 29.7 Å². The van der Waals surface area contributed by atoms with Crippen molar-refractivity contribution in [3.8, 4) is 0 Å². The smallest absolute Gasteiger partial charge is 0.162 e. The molecule has 0 aromatic heterocycles. The van der Waals surface area contributed by atoms with Crippen LogP contribution in [0.15, 0.2) is 30.0 Å². The van der Waals surface area contributed by atoms with E-state index in [4.69, 9.17) is 0 Å². The predicted octanol–water partition coefficient (Wildman–Crippen LogP) is 2.34. The Morgan fingerprint density at radius 1 is 1.53 bits per heavy atom. The lowest BCUT2D eigenvalue weighted by atomic mass is 10.3. The van der Waals surface area contributed by atoms with Crippen LogP contribution in [-0.4, -0.2) is 24.5 Å². The van der Waals surface area contributed by atoms with Crippen molar-refractivity contribution in [1.82, 2.24) is 10.6 Å². The van der Waals surface area contributed by atoms with Crippen LogP contribution in [0.5, 0.6) is 0 Å². The van der Waals surface area contributed by atoms with Gasteiger partial charge in [-0.05, 0) is 6.42 Å². The van der Waals surface area contributed by atoms with Crippen LogP contribution >= 0.6 is 11.8 Å². The van der Waals surface area contributed by atoms with Crippen LogP contribution in [0.25, 0.3) is 0 Å². The minimum absolute atomic E-state index is 0.806. The summed E-state index contributed by atoms with van der Waals surface area (Å²) in [6.45, 7) is 10.7. The lowest BCUT2D eigenvalue weighted by molar-refractivity contribution is 0.694. The van der Waals surface area contributed by atoms with Crippen molar-refractivity contribution in [2.24, 2.45) is 4.99 Å². The van der Waals surface area contributed by atoms with Crippen molar-refractivity contribution < 1.29 is 0 Å². The van der Waals surface area contributed by atoms with Crippen LogP contribution in [0.3, 0.4) is 0 Å². The number of unbranched alkanes of at least 4 members (excludes halogenated alkanes) is 1. The Morgan fingerprint density at radius 3 is 2.80 bits per heavy atom. The first-order valence-electron chi connectivity index (χ1n) is 5.14. The molecule has 0 atom stereocenters. The molecule has 0 bridgehead atoms. The van der Waals surface area contributed by atoms with E-state index in [0.29, 0.717) is 0 Å². The van der Waals surface area contributed by atoms with E-state index in [1.807, 2.05) is 6.08 Å². The fourth-order valence-electron chi connectivity index (χ4n) is 0.884. The second-order valence-corrected chi connectivity index (χ2v) is 4.02. The first kappa shape index (κ1) is 14.1. The fourth-order valence-corrected chi connectivity index (χ4v) is 1.48. The van der Waals surface area contributed by atoms with Gasteiger partial charge in [-0.3, -0.25) is 4.99 Å². The van der Waals surface area contributed by atoms with Crippen molar-refractivity contribution in [2.45, 2.75) is 19.8 Å². The van der Waals surface area contributed by atoms with Gasteiger partial charge >= 0.3 is 0 Å². The third kappa shape index (κ3) is 8.12. The quantitative estimate of drug-likeness (QED) is 0.303. The van der Waals surface area contributed by atoms with Gasteiger partial charge in [0.25, 0.3) is 0 Å². The molecular formula is C11H21N3S. The monoisotopic (exact) mass is 227 g/mol. The zero-order valence-corrected chi connectivity index (χ0v) is 10.5. The number of hydrogen-bond acceptors (Lipinski definition) is 3. The number of rotatable bonds is 7. The van der Waals surface area contributed by atoms with Crippen molar-refractivity contribution in [2.75, 3.05) is 19.3 Å². The Labute approximate surface area is 97.1 Å². The average Bonchev–Trinajstić information content (AvgIpc) is 2.24. The van der Waals surface area contributed by atoms with E-state index < -0.39 is 0 Å². The molecule has 0 aliphatic rings. The van der Waals surface area contributed by atoms with Gasteiger partial charge in [0.05, 0.1) is 5.82 Å². The number of amidine groups is 1. The summed E-state index contributed by atoms with van der Waals surface area (Å²) in [5.41, 5.74) is 0. The molecule has 15 heavy (non-hydrogen) atoms. The SMILES string of the molecule is C=CCSC(=NC)NC(=C)NCCCC. The molecule has 0 saturated heterocycles. The molecule has 0 radical (unpaired) electrons. The maximum Gasteiger partial charge on any atom is 0.162 e. The average molecular weight is 227 g/mol. The summed E-state index contributed by atoms with van der Waals surface area (Å²) in [5.74, 6) is 1.66. The topological polar surface area (TPSA) is 36.4 Å². The van der Waals surface area contributed by atoms with Gasteiger partial charge in [-0.15, -0.1) is 6.58 Å². The molecule has 0 spiro atoms. The van der Waals surface area contributed by atoms with Gasteiger partial charge < -0.3 is 10.6 Å². The predicted molar refractivity (Wildman–Crippen MR) is 71.2 cm³/mol. The van der Waals surface area contributed by atoms with Crippen LogP contribution in [0.2, 0.25) is 0 Å². The molecule has 4 heteroatoms. The number of aliphatic imine (C=N–C) groups is 1. The number of nitrogens with zero attached hydrogens (tertiary/aromatic N) is 1. The lowest BCUT2D eigenvalue weighted by Crippen LogP contribution is -2.29. The van der Waals surface area contributed by atoms with Gasteiger partial charge in [0.1, 0.15) is 0 Å². The Kier molecular flexibility index (Phi) is 9.07. The number of hydrogen-bond donors (Lipinski definition) is 2. The standard InChI is InChI=1S/C11H21N3S/c1-5-7-8-13-10(3)14-11(12-4)15-9-6-2/h6,13H,2-3,5,7-9H2,1,4H3,(H,12,14). The van der Waals surface area contributed by atoms with Gasteiger partial charge in [-0.25, -0.2) is 0 Å². The molecule has 0 rings (SSSR count). The van der Waals surface area contributed by atoms with E-state index >= 15 is 0 Å². The normalized spacial score (nSPS) is 10.9. The highest BCUT2D eigenvalue weighted by Crippen LogP contribution is 2.02. The minimum Gasteiger partial charge on any atom is -0.372 e. The van der Waals surface area contributed by atoms with Gasteiger partial charge in [0.2, 0.25) is 0 Å². The highest BCUT2D eigenvalue weighted by molar-refractivity contribution is 8.13. The summed E-state index contributed by atoms with van der Waals surface area (Å²) >= 11 is 1.61. The van der Waals surface area contributed by atoms with Gasteiger partial charge in [0, 0.05) is 19.3 Å². The van der Waals surface area contributed by atoms with Crippen LogP contribution < -0.4 is 10.6 Å². The van der Waals surface area contributed by atoms with Crippen molar-refractivity contribution in [3.63, 3.8) is 0 Å². The Hall–Kier alpha value is -0.900. The molecule has 0 aromatic rings. The molecule has 0 fully saturated rings. The largest absolute Gasteiger partial charge is 0.372 e. The first-order chi connectivity index (χ1) is 7.24. The van der Waals surface area contributed by atoms with Gasteiger partial charge in [-0.2, -0.15) is 0 Å². The van der Waals surface area contributed by atoms with Crippen molar-refractivity contribution >= 4 is 16.9 Å². The molecule has 0 unspecified atom stereocenters. The summed E-state index contributed by atoms with van der Waals surface area (Å²) in [5, 5.41) is 7.18. The summed E-state index contributed by atoms with van der Waals surface area (Å²) in [6, 6.07) is 0. The maximum absolute atomic E-state index is 4.11. The van der Waals surface area contributed by atoms with E-state index in [1.165, 1.54) is 6.42 Å². The molecular weight excluding hydrogens is 206 g/mol. The van der Waals surface area contributed by atoms with Crippen LogP contribution in [0.1, 0.15) is 19.8 Å². The molecule has 0 heterocycles. The Balaban J connectivity index is 3.76. The summed E-state index contributed by atoms with van der Waals surface area (Å²) in [4.78, 5) is 4.11. The molecule has 0 amide bonds. The lowest BCUT2D eigenvalue weighted by Gasteiger charge is -2.12. The summed E-state index contributed by atoms with van der Waals surface area (Å²) in [7, 11) is 1.76. The van der Waals surface area contributed by atoms with Gasteiger partial charge in [-0.1, -0.05) is 37.8 Å². The number of nitrogens with one attached hydrogen (secondary N) is 2. The molecule has 0 aromatic carbocycles. The van der Waals surface area contributed by atoms with Crippen molar-refractivity contribution in [3.05, 3.63) is 25.1 Å². The molecule has 2 N–H and O–H groups in total. The third-order valence-corrected chi connectivity index (χ3v) is 2.63. The highest BCUT2D eigenvalue weighted by atomic mass is 32.2. The fraction of sp³-hybridized carbons (Fsp3) is 0.545. The summed E-state index contributed by atoms with van der Waals surface area (Å²) in [6.07, 6.45) is 4.18. The zero-order chi connectivity index (χ0) is 11.5. The first-order valence-corrected chi connectivity index (χ1v) is 6.13. The second-order valence-electron chi connectivity index (χ2n) is 3.01. The minimum atomic E-state index is 0.806. The summed E-state index contributed by atoms with van der Waals surface area (Å²) < 4.78 is 0. The second kappa shape index (κ2) is 9.65. The Morgan fingerprint density at radius 2 is 2.27 bits per heavy atom. The van der Waals surface area contributed by atoms with E-state index in [2.05, 4.69) is 35.7 Å². The Bertz CT molecular complexity index is 224. The molecule has 3 nitrogen and oxygen atoms in total. The van der Waals surface area contributed by atoms with Crippen LogP contribution in [-0.2, 0) is 0 Å². The molecule has 0 aliphatic carbocycles. The van der Waals surface area contributed by atoms with Gasteiger partial charge in [0.15, 0.2) is 5.17 Å². The third-order valence-electron chi connectivity index (χ3n) is 1.67. The maximum atomic E-state index is 4.11. The highest BCUT2D eigenvalue weighted by Gasteiger charge is 1.98. The molecule has 0 saturated carbocycles. The van der Waals surface area contributed by atoms with E-state index in [9.17, 15) is 0 Å².